The summed E-state index contributed by atoms with van der Waals surface area (Å²) >= 11 is 0. The standard InChI is InChI=1S/C14H18N2O2/c1-15-14(18)13-9-16(8-12(13)10-17)7-11-5-3-2-4-6-11/h2-6,10,12-13H,7-9H2,1H3,(H,15,18). The predicted octanol–water partition coefficient (Wildman–Crippen LogP) is 0.679. The highest BCUT2D eigenvalue weighted by Crippen LogP contribution is 2.23. The number of hydrogen-bond acceptors (Lipinski definition) is 3. The Kier molecular flexibility index (Phi) is 4.10. The van der Waals surface area contributed by atoms with Gasteiger partial charge in [0.2, 0.25) is 5.91 Å². The van der Waals surface area contributed by atoms with E-state index in [9.17, 15) is 9.59 Å². The fraction of sp³-hybridized carbons (Fsp3) is 0.429. The molecule has 1 amide bonds. The van der Waals surface area contributed by atoms with Crippen LogP contribution in [0.4, 0.5) is 0 Å². The van der Waals surface area contributed by atoms with E-state index in [2.05, 4.69) is 22.3 Å². The molecule has 1 saturated heterocycles. The minimum Gasteiger partial charge on any atom is -0.359 e. The normalized spacial score (nSPS) is 23.8. The van der Waals surface area contributed by atoms with Gasteiger partial charge in [-0.15, -0.1) is 0 Å². The molecule has 2 atom stereocenters. The second kappa shape index (κ2) is 5.78. The van der Waals surface area contributed by atoms with Crippen LogP contribution in [0.2, 0.25) is 0 Å². The minimum absolute atomic E-state index is 0.0392. The molecule has 1 aromatic carbocycles. The van der Waals surface area contributed by atoms with Crippen molar-refractivity contribution in [2.45, 2.75) is 6.54 Å². The van der Waals surface area contributed by atoms with E-state index >= 15 is 0 Å². The fourth-order valence-corrected chi connectivity index (χ4v) is 2.48. The van der Waals surface area contributed by atoms with Gasteiger partial charge in [0.05, 0.1) is 5.92 Å². The molecule has 2 rings (SSSR count). The van der Waals surface area contributed by atoms with Crippen LogP contribution in [0.5, 0.6) is 0 Å². The fourth-order valence-electron chi connectivity index (χ4n) is 2.48. The first kappa shape index (κ1) is 12.8. The van der Waals surface area contributed by atoms with Crippen molar-refractivity contribution in [3.8, 4) is 0 Å². The Bertz CT molecular complexity index is 419. The van der Waals surface area contributed by atoms with E-state index in [1.54, 1.807) is 7.05 Å². The molecular formula is C14H18N2O2. The summed E-state index contributed by atoms with van der Waals surface area (Å²) in [5.74, 6) is -0.437. The lowest BCUT2D eigenvalue weighted by Crippen LogP contribution is -2.33. The Labute approximate surface area is 107 Å². The van der Waals surface area contributed by atoms with Gasteiger partial charge in [0.25, 0.3) is 0 Å². The van der Waals surface area contributed by atoms with Crippen LogP contribution in [0.25, 0.3) is 0 Å². The van der Waals surface area contributed by atoms with E-state index < -0.39 is 0 Å². The Morgan fingerprint density at radius 2 is 2.11 bits per heavy atom. The molecule has 0 spiro atoms. The number of aldehydes is 1. The van der Waals surface area contributed by atoms with E-state index in [-0.39, 0.29) is 17.7 Å². The van der Waals surface area contributed by atoms with Crippen LogP contribution >= 0.6 is 0 Å². The van der Waals surface area contributed by atoms with Crippen molar-refractivity contribution in [2.75, 3.05) is 20.1 Å². The maximum atomic E-state index is 11.7. The molecule has 1 fully saturated rings. The molecule has 0 radical (unpaired) electrons. The van der Waals surface area contributed by atoms with Crippen molar-refractivity contribution < 1.29 is 9.59 Å². The monoisotopic (exact) mass is 246 g/mol. The lowest BCUT2D eigenvalue weighted by molar-refractivity contribution is -0.127. The van der Waals surface area contributed by atoms with Crippen molar-refractivity contribution in [2.24, 2.45) is 11.8 Å². The topological polar surface area (TPSA) is 49.4 Å². The van der Waals surface area contributed by atoms with Gasteiger partial charge >= 0.3 is 0 Å². The highest BCUT2D eigenvalue weighted by molar-refractivity contribution is 5.82. The summed E-state index contributed by atoms with van der Waals surface area (Å²) in [7, 11) is 1.62. The highest BCUT2D eigenvalue weighted by atomic mass is 16.2. The molecule has 1 aliphatic heterocycles. The third kappa shape index (κ3) is 2.76. The molecule has 2 unspecified atom stereocenters. The van der Waals surface area contributed by atoms with Crippen molar-refractivity contribution in [3.63, 3.8) is 0 Å². The van der Waals surface area contributed by atoms with Gasteiger partial charge in [-0.3, -0.25) is 9.69 Å². The molecule has 0 aliphatic carbocycles. The quantitative estimate of drug-likeness (QED) is 0.795. The largest absolute Gasteiger partial charge is 0.359 e. The first-order chi connectivity index (χ1) is 8.74. The van der Waals surface area contributed by atoms with Gasteiger partial charge in [-0.1, -0.05) is 30.3 Å². The predicted molar refractivity (Wildman–Crippen MR) is 68.8 cm³/mol. The second-order valence-electron chi connectivity index (χ2n) is 4.70. The molecule has 0 aromatic heterocycles. The summed E-state index contributed by atoms with van der Waals surface area (Å²) in [6, 6.07) is 10.1. The Hall–Kier alpha value is -1.68. The number of nitrogens with one attached hydrogen (secondary N) is 1. The number of rotatable bonds is 4. The molecule has 1 N–H and O–H groups in total. The van der Waals surface area contributed by atoms with Crippen LogP contribution in [-0.4, -0.2) is 37.2 Å². The Balaban J connectivity index is 2.01. The van der Waals surface area contributed by atoms with Crippen LogP contribution in [-0.2, 0) is 16.1 Å². The van der Waals surface area contributed by atoms with Crippen molar-refractivity contribution in [3.05, 3.63) is 35.9 Å². The number of amides is 1. The molecular weight excluding hydrogens is 228 g/mol. The first-order valence-electron chi connectivity index (χ1n) is 6.17. The van der Waals surface area contributed by atoms with E-state index in [1.165, 1.54) is 5.56 Å². The summed E-state index contributed by atoms with van der Waals surface area (Å²) in [6.07, 6.45) is 0.908. The van der Waals surface area contributed by atoms with Gasteiger partial charge in [-0.05, 0) is 5.56 Å². The van der Waals surface area contributed by atoms with Crippen molar-refractivity contribution in [1.29, 1.82) is 0 Å². The van der Waals surface area contributed by atoms with Crippen LogP contribution in [0.1, 0.15) is 5.56 Å². The second-order valence-corrected chi connectivity index (χ2v) is 4.70. The van der Waals surface area contributed by atoms with Crippen LogP contribution in [0.3, 0.4) is 0 Å². The summed E-state index contributed by atoms with van der Waals surface area (Å²) in [4.78, 5) is 24.9. The molecule has 0 saturated carbocycles. The molecule has 18 heavy (non-hydrogen) atoms. The molecule has 4 heteroatoms. The minimum atomic E-state index is -0.212. The van der Waals surface area contributed by atoms with Gasteiger partial charge in [0.1, 0.15) is 6.29 Å². The Morgan fingerprint density at radius 1 is 1.39 bits per heavy atom. The molecule has 4 nitrogen and oxygen atoms in total. The third-order valence-electron chi connectivity index (χ3n) is 3.45. The smallest absolute Gasteiger partial charge is 0.224 e. The molecule has 1 aliphatic rings. The summed E-state index contributed by atoms with van der Waals surface area (Å²) in [5, 5.41) is 2.63. The Morgan fingerprint density at radius 3 is 2.72 bits per heavy atom. The summed E-state index contributed by atoms with van der Waals surface area (Å²) in [5.41, 5.74) is 1.21. The van der Waals surface area contributed by atoms with E-state index in [4.69, 9.17) is 0 Å². The van der Waals surface area contributed by atoms with Gasteiger partial charge in [-0.25, -0.2) is 0 Å². The van der Waals surface area contributed by atoms with Crippen LogP contribution < -0.4 is 5.32 Å². The zero-order valence-electron chi connectivity index (χ0n) is 10.5. The zero-order valence-corrected chi connectivity index (χ0v) is 10.5. The van der Waals surface area contributed by atoms with Gasteiger partial charge in [0, 0.05) is 32.6 Å². The SMILES string of the molecule is CNC(=O)C1CN(Cc2ccccc2)CC1C=O. The molecule has 0 bridgehead atoms. The number of hydrogen-bond donors (Lipinski definition) is 1. The number of carbonyl (C=O) groups is 2. The van der Waals surface area contributed by atoms with Gasteiger partial charge in [0.15, 0.2) is 0 Å². The number of likely N-dealkylation sites (tertiary alicyclic amines) is 1. The van der Waals surface area contributed by atoms with E-state index in [0.717, 1.165) is 12.8 Å². The van der Waals surface area contributed by atoms with Crippen LogP contribution in [0.15, 0.2) is 30.3 Å². The van der Waals surface area contributed by atoms with Gasteiger partial charge in [-0.2, -0.15) is 0 Å². The average molecular weight is 246 g/mol. The third-order valence-corrected chi connectivity index (χ3v) is 3.45. The van der Waals surface area contributed by atoms with E-state index in [1.807, 2.05) is 18.2 Å². The summed E-state index contributed by atoms with van der Waals surface area (Å²) < 4.78 is 0. The molecule has 1 heterocycles. The molecule has 1 aromatic rings. The average Bonchev–Trinajstić information content (AvgIpc) is 2.82. The maximum absolute atomic E-state index is 11.7. The lowest BCUT2D eigenvalue weighted by atomic mass is 9.97. The van der Waals surface area contributed by atoms with Crippen LogP contribution in [0, 0.1) is 11.8 Å². The zero-order chi connectivity index (χ0) is 13.0. The van der Waals surface area contributed by atoms with E-state index in [0.29, 0.717) is 13.1 Å². The van der Waals surface area contributed by atoms with Crippen molar-refractivity contribution >= 4 is 12.2 Å². The number of carbonyl (C=O) groups excluding carboxylic acids is 2. The van der Waals surface area contributed by atoms with Gasteiger partial charge < -0.3 is 10.1 Å². The summed E-state index contributed by atoms with van der Waals surface area (Å²) in [6.45, 7) is 2.10. The first-order valence-corrected chi connectivity index (χ1v) is 6.17. The maximum Gasteiger partial charge on any atom is 0.224 e. The molecule has 96 valence electrons. The number of nitrogens with zero attached hydrogens (tertiary/aromatic N) is 1. The number of benzene rings is 1. The highest BCUT2D eigenvalue weighted by Gasteiger charge is 2.36. The lowest BCUT2D eigenvalue weighted by Gasteiger charge is -2.15. The van der Waals surface area contributed by atoms with Crippen molar-refractivity contribution in [1.82, 2.24) is 10.2 Å².